The lowest BCUT2D eigenvalue weighted by molar-refractivity contribution is 0.587. The molecule has 5 heteroatoms. The van der Waals surface area contributed by atoms with E-state index in [0.29, 0.717) is 12.0 Å². The Kier molecular flexibility index (Phi) is 4.73. The highest BCUT2D eigenvalue weighted by Crippen LogP contribution is 2.18. The Hall–Kier alpha value is -1.75. The molecule has 0 radical (unpaired) electrons. The minimum Gasteiger partial charge on any atom is -0.310 e. The maximum Gasteiger partial charge on any atom is 0.156 e. The summed E-state index contributed by atoms with van der Waals surface area (Å²) in [6, 6.07) is 4.71. The Morgan fingerprint density at radius 3 is 2.33 bits per heavy atom. The smallest absolute Gasteiger partial charge is 0.156 e. The number of hydrogen-bond acceptors (Lipinski definition) is 4. The van der Waals surface area contributed by atoms with Crippen LogP contribution in [0.25, 0.3) is 5.82 Å². The van der Waals surface area contributed by atoms with Gasteiger partial charge in [-0.15, -0.1) is 5.10 Å². The Morgan fingerprint density at radius 1 is 1.10 bits per heavy atom. The number of rotatable bonds is 5. The molecule has 0 aromatic carbocycles. The molecule has 2 aromatic rings. The molecule has 0 amide bonds. The molecule has 0 aliphatic heterocycles. The van der Waals surface area contributed by atoms with E-state index in [9.17, 15) is 0 Å². The molecule has 0 aliphatic rings. The van der Waals surface area contributed by atoms with Crippen LogP contribution in [0, 0.1) is 13.8 Å². The standard InChI is InChI=1S/C16H25N5/c1-10(2)15-7-14(9-17-11(3)4)8-16(19-15)21-13(6)18-12(5)20-21/h7-8,10-11,17H,9H2,1-6H3. The molecule has 21 heavy (non-hydrogen) atoms. The van der Waals surface area contributed by atoms with Gasteiger partial charge in [-0.05, 0) is 37.5 Å². The van der Waals surface area contributed by atoms with Crippen LogP contribution >= 0.6 is 0 Å². The largest absolute Gasteiger partial charge is 0.310 e. The van der Waals surface area contributed by atoms with Crippen molar-refractivity contribution in [3.05, 3.63) is 35.0 Å². The van der Waals surface area contributed by atoms with E-state index in [1.54, 1.807) is 0 Å². The van der Waals surface area contributed by atoms with E-state index in [2.05, 4.69) is 55.2 Å². The zero-order valence-electron chi connectivity index (χ0n) is 13.8. The monoisotopic (exact) mass is 287 g/mol. The van der Waals surface area contributed by atoms with Gasteiger partial charge in [0, 0.05) is 18.3 Å². The summed E-state index contributed by atoms with van der Waals surface area (Å²) in [6.45, 7) is 13.3. The zero-order valence-corrected chi connectivity index (χ0v) is 13.8. The van der Waals surface area contributed by atoms with Crippen LogP contribution in [0.3, 0.4) is 0 Å². The van der Waals surface area contributed by atoms with Crippen LogP contribution in [-0.4, -0.2) is 25.8 Å². The summed E-state index contributed by atoms with van der Waals surface area (Å²) in [5, 5.41) is 7.89. The number of nitrogens with zero attached hydrogens (tertiary/aromatic N) is 4. The fourth-order valence-electron chi connectivity index (χ4n) is 2.16. The number of nitrogens with one attached hydrogen (secondary N) is 1. The Balaban J connectivity index is 2.42. The van der Waals surface area contributed by atoms with Gasteiger partial charge >= 0.3 is 0 Å². The van der Waals surface area contributed by atoms with Gasteiger partial charge in [0.25, 0.3) is 0 Å². The molecular weight excluding hydrogens is 262 g/mol. The Morgan fingerprint density at radius 2 is 1.81 bits per heavy atom. The average molecular weight is 287 g/mol. The molecule has 0 saturated carbocycles. The summed E-state index contributed by atoms with van der Waals surface area (Å²) in [6.07, 6.45) is 0. The molecule has 2 aromatic heterocycles. The molecule has 1 N–H and O–H groups in total. The molecule has 2 heterocycles. The van der Waals surface area contributed by atoms with Gasteiger partial charge in [0.2, 0.25) is 0 Å². The van der Waals surface area contributed by atoms with Crippen molar-refractivity contribution < 1.29 is 0 Å². The summed E-state index contributed by atoms with van der Waals surface area (Å²) in [5.74, 6) is 2.86. The third-order valence-corrected chi connectivity index (χ3v) is 3.29. The summed E-state index contributed by atoms with van der Waals surface area (Å²) >= 11 is 0. The molecule has 2 rings (SSSR count). The minimum atomic E-state index is 0.382. The minimum absolute atomic E-state index is 0.382. The molecule has 0 atom stereocenters. The maximum atomic E-state index is 4.74. The average Bonchev–Trinajstić information content (AvgIpc) is 2.75. The Labute approximate surface area is 126 Å². The van der Waals surface area contributed by atoms with Crippen LogP contribution in [0.1, 0.15) is 56.5 Å². The first-order chi connectivity index (χ1) is 9.86. The van der Waals surface area contributed by atoms with E-state index >= 15 is 0 Å². The highest BCUT2D eigenvalue weighted by molar-refractivity contribution is 5.32. The van der Waals surface area contributed by atoms with Gasteiger partial charge in [0.1, 0.15) is 11.6 Å². The highest BCUT2D eigenvalue weighted by Gasteiger charge is 2.11. The first-order valence-electron chi connectivity index (χ1n) is 7.51. The van der Waals surface area contributed by atoms with Gasteiger partial charge in [-0.25, -0.2) is 9.97 Å². The summed E-state index contributed by atoms with van der Waals surface area (Å²) in [7, 11) is 0. The maximum absolute atomic E-state index is 4.74. The molecule has 0 fully saturated rings. The Bertz CT molecular complexity index is 613. The second-order valence-corrected chi connectivity index (χ2v) is 6.07. The summed E-state index contributed by atoms with van der Waals surface area (Å²) in [5.41, 5.74) is 2.31. The molecule has 5 nitrogen and oxygen atoms in total. The predicted molar refractivity (Wildman–Crippen MR) is 84.7 cm³/mol. The van der Waals surface area contributed by atoms with Crippen LogP contribution in [0.4, 0.5) is 0 Å². The lowest BCUT2D eigenvalue weighted by Gasteiger charge is -2.13. The van der Waals surface area contributed by atoms with Gasteiger partial charge in [0.15, 0.2) is 5.82 Å². The SMILES string of the molecule is Cc1nc(C)n(-c2cc(CNC(C)C)cc(C(C)C)n2)n1. The van der Waals surface area contributed by atoms with E-state index in [4.69, 9.17) is 4.98 Å². The van der Waals surface area contributed by atoms with E-state index in [1.165, 1.54) is 5.56 Å². The molecular formula is C16H25N5. The van der Waals surface area contributed by atoms with Crippen molar-refractivity contribution in [3.8, 4) is 5.82 Å². The number of aromatic nitrogens is 4. The van der Waals surface area contributed by atoms with Crippen LogP contribution in [0.2, 0.25) is 0 Å². The first-order valence-corrected chi connectivity index (χ1v) is 7.51. The van der Waals surface area contributed by atoms with Crippen molar-refractivity contribution in [2.45, 2.75) is 60.0 Å². The van der Waals surface area contributed by atoms with E-state index in [1.807, 2.05) is 18.5 Å². The molecule has 0 unspecified atom stereocenters. The molecule has 0 saturated heterocycles. The fraction of sp³-hybridized carbons (Fsp3) is 0.562. The third kappa shape index (κ3) is 3.88. The predicted octanol–water partition coefficient (Wildman–Crippen LogP) is 2.90. The molecule has 0 bridgehead atoms. The summed E-state index contributed by atoms with van der Waals surface area (Å²) in [4.78, 5) is 9.10. The first kappa shape index (κ1) is 15.6. The van der Waals surface area contributed by atoms with Gasteiger partial charge in [-0.1, -0.05) is 27.7 Å². The van der Waals surface area contributed by atoms with Crippen LogP contribution in [0.5, 0.6) is 0 Å². The van der Waals surface area contributed by atoms with Crippen molar-refractivity contribution >= 4 is 0 Å². The molecule has 114 valence electrons. The van der Waals surface area contributed by atoms with Crippen LogP contribution < -0.4 is 5.32 Å². The fourth-order valence-corrected chi connectivity index (χ4v) is 2.16. The van der Waals surface area contributed by atoms with E-state index in [-0.39, 0.29) is 0 Å². The van der Waals surface area contributed by atoms with Crippen LogP contribution in [0.15, 0.2) is 12.1 Å². The number of pyridine rings is 1. The van der Waals surface area contributed by atoms with Gasteiger partial charge in [-0.2, -0.15) is 4.68 Å². The van der Waals surface area contributed by atoms with E-state index < -0.39 is 0 Å². The second kappa shape index (κ2) is 6.35. The van der Waals surface area contributed by atoms with Crippen molar-refractivity contribution in [3.63, 3.8) is 0 Å². The molecule has 0 spiro atoms. The third-order valence-electron chi connectivity index (χ3n) is 3.29. The van der Waals surface area contributed by atoms with Gasteiger partial charge in [-0.3, -0.25) is 0 Å². The topological polar surface area (TPSA) is 55.6 Å². The second-order valence-electron chi connectivity index (χ2n) is 6.07. The summed E-state index contributed by atoms with van der Waals surface area (Å²) < 4.78 is 1.82. The van der Waals surface area contributed by atoms with Crippen molar-refractivity contribution in [1.82, 2.24) is 25.1 Å². The van der Waals surface area contributed by atoms with Crippen molar-refractivity contribution in [1.29, 1.82) is 0 Å². The molecule has 0 aliphatic carbocycles. The van der Waals surface area contributed by atoms with Gasteiger partial charge in [0.05, 0.1) is 0 Å². The van der Waals surface area contributed by atoms with Crippen LogP contribution in [-0.2, 0) is 6.54 Å². The number of hydrogen-bond donors (Lipinski definition) is 1. The zero-order chi connectivity index (χ0) is 15.6. The normalized spacial score (nSPS) is 11.6. The van der Waals surface area contributed by atoms with Gasteiger partial charge < -0.3 is 5.32 Å². The quantitative estimate of drug-likeness (QED) is 0.918. The highest BCUT2D eigenvalue weighted by atomic mass is 15.4. The van der Waals surface area contributed by atoms with Crippen molar-refractivity contribution in [2.75, 3.05) is 0 Å². The number of aryl methyl sites for hydroxylation is 2. The lowest BCUT2D eigenvalue weighted by atomic mass is 10.1. The van der Waals surface area contributed by atoms with E-state index in [0.717, 1.165) is 29.7 Å². The van der Waals surface area contributed by atoms with Crippen molar-refractivity contribution in [2.24, 2.45) is 0 Å². The lowest BCUT2D eigenvalue weighted by Crippen LogP contribution is -2.22.